The summed E-state index contributed by atoms with van der Waals surface area (Å²) >= 11 is 17.4. The number of furan rings is 1. The van der Waals surface area contributed by atoms with Crippen LogP contribution in [0.3, 0.4) is 0 Å². The minimum atomic E-state index is -0.438. The molecule has 3 aromatic rings. The van der Waals surface area contributed by atoms with Crippen molar-refractivity contribution in [3.05, 3.63) is 82.0 Å². The maximum Gasteiger partial charge on any atom is 0.338 e. The summed E-state index contributed by atoms with van der Waals surface area (Å²) in [7, 11) is 0. The normalized spacial score (nSPS) is 10.8. The average molecular weight is 517 g/mol. The van der Waals surface area contributed by atoms with E-state index in [1.807, 2.05) is 6.92 Å². The van der Waals surface area contributed by atoms with Crippen molar-refractivity contribution in [2.45, 2.75) is 19.8 Å². The number of carbonyl (C=O) groups excluding carboxylic acids is 2. The molecule has 1 amide bonds. The summed E-state index contributed by atoms with van der Waals surface area (Å²) in [6, 6.07) is 15.3. The molecule has 0 aliphatic carbocycles. The van der Waals surface area contributed by atoms with Crippen LogP contribution in [-0.4, -0.2) is 23.6 Å². The number of hydrogen-bond acceptors (Lipinski definition) is 5. The van der Waals surface area contributed by atoms with Crippen LogP contribution in [0.25, 0.3) is 17.4 Å². The van der Waals surface area contributed by atoms with Crippen LogP contribution < -0.4 is 10.6 Å². The maximum absolute atomic E-state index is 12.2. The Kier molecular flexibility index (Phi) is 9.27. The minimum absolute atomic E-state index is 0.110. The highest BCUT2D eigenvalue weighted by Gasteiger charge is 2.11. The lowest BCUT2D eigenvalue weighted by Gasteiger charge is -2.09. The zero-order valence-electron chi connectivity index (χ0n) is 18.3. The molecule has 0 aliphatic heterocycles. The van der Waals surface area contributed by atoms with E-state index in [1.165, 1.54) is 12.2 Å². The zero-order valence-corrected chi connectivity index (χ0v) is 20.6. The summed E-state index contributed by atoms with van der Waals surface area (Å²) < 4.78 is 10.9. The zero-order chi connectivity index (χ0) is 24.5. The summed E-state index contributed by atoms with van der Waals surface area (Å²) in [5.41, 5.74) is 1.72. The third-order valence-corrected chi connectivity index (χ3v) is 5.61. The highest BCUT2D eigenvalue weighted by molar-refractivity contribution is 7.80. The molecule has 34 heavy (non-hydrogen) atoms. The lowest BCUT2D eigenvalue weighted by Crippen LogP contribution is -2.32. The number of thiocarbonyl (C=S) groups is 1. The van der Waals surface area contributed by atoms with Gasteiger partial charge in [0, 0.05) is 17.3 Å². The Hall–Kier alpha value is -3.13. The SMILES string of the molecule is CCCCOC(=O)c1ccc(NC(=S)NC(=O)C=Cc2ccc(-c3cccc(Cl)c3Cl)o2)cc1. The fraction of sp³-hybridized carbons (Fsp3) is 0.160. The second-order valence-electron chi connectivity index (χ2n) is 7.15. The Bertz CT molecular complexity index is 1210. The van der Waals surface area contributed by atoms with Gasteiger partial charge in [0.25, 0.3) is 0 Å². The molecule has 3 rings (SSSR count). The van der Waals surface area contributed by atoms with Crippen LogP contribution in [0.5, 0.6) is 0 Å². The van der Waals surface area contributed by atoms with Crippen molar-refractivity contribution in [1.29, 1.82) is 0 Å². The third kappa shape index (κ3) is 7.18. The number of hydrogen-bond donors (Lipinski definition) is 2. The quantitative estimate of drug-likeness (QED) is 0.149. The van der Waals surface area contributed by atoms with Gasteiger partial charge in [-0.25, -0.2) is 4.79 Å². The lowest BCUT2D eigenvalue weighted by molar-refractivity contribution is -0.115. The monoisotopic (exact) mass is 516 g/mol. The smallest absolute Gasteiger partial charge is 0.338 e. The number of carbonyl (C=O) groups is 2. The third-order valence-electron chi connectivity index (χ3n) is 4.59. The maximum atomic E-state index is 12.2. The molecule has 2 N–H and O–H groups in total. The molecular formula is C25H22Cl2N2O4S. The Morgan fingerprint density at radius 3 is 2.59 bits per heavy atom. The topological polar surface area (TPSA) is 80.6 Å². The lowest BCUT2D eigenvalue weighted by atomic mass is 10.2. The Morgan fingerprint density at radius 2 is 1.85 bits per heavy atom. The fourth-order valence-corrected chi connectivity index (χ4v) is 3.45. The van der Waals surface area contributed by atoms with E-state index in [0.29, 0.717) is 45.0 Å². The number of esters is 1. The molecule has 1 heterocycles. The number of halogens is 2. The van der Waals surface area contributed by atoms with Crippen LogP contribution in [0.15, 0.2) is 65.1 Å². The Morgan fingerprint density at radius 1 is 1.09 bits per heavy atom. The molecule has 1 aromatic heterocycles. The summed E-state index contributed by atoms with van der Waals surface area (Å²) in [6.07, 6.45) is 4.59. The van der Waals surface area contributed by atoms with E-state index < -0.39 is 5.91 Å². The van der Waals surface area contributed by atoms with Crippen molar-refractivity contribution in [2.24, 2.45) is 0 Å². The first-order chi connectivity index (χ1) is 16.4. The first-order valence-electron chi connectivity index (χ1n) is 10.5. The van der Waals surface area contributed by atoms with Crippen molar-refractivity contribution in [2.75, 3.05) is 11.9 Å². The van der Waals surface area contributed by atoms with Crippen LogP contribution >= 0.6 is 35.4 Å². The van der Waals surface area contributed by atoms with Gasteiger partial charge in [-0.1, -0.05) is 42.6 Å². The molecule has 2 aromatic carbocycles. The van der Waals surface area contributed by atoms with Gasteiger partial charge in [-0.05, 0) is 73.2 Å². The van der Waals surface area contributed by atoms with E-state index in [4.69, 9.17) is 44.6 Å². The van der Waals surface area contributed by atoms with Crippen molar-refractivity contribution >= 4 is 64.2 Å². The molecule has 6 nitrogen and oxygen atoms in total. The molecule has 0 atom stereocenters. The van der Waals surface area contributed by atoms with Crippen LogP contribution in [0, 0.1) is 0 Å². The van der Waals surface area contributed by atoms with Gasteiger partial charge in [-0.15, -0.1) is 0 Å². The highest BCUT2D eigenvalue weighted by Crippen LogP contribution is 2.34. The molecule has 176 valence electrons. The van der Waals surface area contributed by atoms with Crippen LogP contribution in [-0.2, 0) is 9.53 Å². The molecule has 0 unspecified atom stereocenters. The Balaban J connectivity index is 1.51. The van der Waals surface area contributed by atoms with Gasteiger partial charge in [0.2, 0.25) is 5.91 Å². The molecule has 0 saturated heterocycles. The van der Waals surface area contributed by atoms with Crippen molar-refractivity contribution < 1.29 is 18.7 Å². The summed E-state index contributed by atoms with van der Waals surface area (Å²) in [5, 5.41) is 6.37. The predicted molar refractivity (Wildman–Crippen MR) is 139 cm³/mol. The van der Waals surface area contributed by atoms with Crippen molar-refractivity contribution in [3.63, 3.8) is 0 Å². The first kappa shape index (κ1) is 25.5. The Labute approximate surface area is 212 Å². The van der Waals surface area contributed by atoms with E-state index in [1.54, 1.807) is 54.6 Å². The largest absolute Gasteiger partial charge is 0.462 e. The van der Waals surface area contributed by atoms with Gasteiger partial charge in [0.15, 0.2) is 5.11 Å². The van der Waals surface area contributed by atoms with Crippen molar-refractivity contribution in [1.82, 2.24) is 5.32 Å². The van der Waals surface area contributed by atoms with Crippen LogP contribution in [0.4, 0.5) is 5.69 Å². The van der Waals surface area contributed by atoms with E-state index in [9.17, 15) is 9.59 Å². The summed E-state index contributed by atoms with van der Waals surface area (Å²) in [5.74, 6) is 0.177. The van der Waals surface area contributed by atoms with Gasteiger partial charge in [-0.2, -0.15) is 0 Å². The van der Waals surface area contributed by atoms with E-state index in [2.05, 4.69) is 10.6 Å². The van der Waals surface area contributed by atoms with Gasteiger partial charge < -0.3 is 14.5 Å². The standard InChI is InChI=1S/C25H22Cl2N2O4S/c1-2-3-15-32-24(31)16-7-9-17(10-8-16)28-25(34)29-22(30)14-12-18-11-13-21(33-18)19-5-4-6-20(26)23(19)27/h4-14H,2-3,15H2,1H3,(H2,28,29,30,34). The first-order valence-corrected chi connectivity index (χ1v) is 11.6. The number of rotatable bonds is 8. The predicted octanol–water partition coefficient (Wildman–Crippen LogP) is 6.74. The van der Waals surface area contributed by atoms with Gasteiger partial charge in [-0.3, -0.25) is 10.1 Å². The van der Waals surface area contributed by atoms with E-state index in [-0.39, 0.29) is 11.1 Å². The van der Waals surface area contributed by atoms with E-state index >= 15 is 0 Å². The number of ether oxygens (including phenoxy) is 1. The molecule has 0 fully saturated rings. The summed E-state index contributed by atoms with van der Waals surface area (Å²) in [4.78, 5) is 24.1. The van der Waals surface area contributed by atoms with Crippen LogP contribution in [0.2, 0.25) is 10.0 Å². The molecule has 0 bridgehead atoms. The second-order valence-corrected chi connectivity index (χ2v) is 8.34. The molecule has 9 heteroatoms. The van der Waals surface area contributed by atoms with Gasteiger partial charge in [0.1, 0.15) is 11.5 Å². The van der Waals surface area contributed by atoms with E-state index in [0.717, 1.165) is 12.8 Å². The van der Waals surface area contributed by atoms with Crippen molar-refractivity contribution in [3.8, 4) is 11.3 Å². The number of amides is 1. The highest BCUT2D eigenvalue weighted by atomic mass is 35.5. The minimum Gasteiger partial charge on any atom is -0.462 e. The number of benzene rings is 2. The molecule has 0 radical (unpaired) electrons. The van der Waals surface area contributed by atoms with Crippen LogP contribution in [0.1, 0.15) is 35.9 Å². The molecule has 0 aliphatic rings. The second kappa shape index (κ2) is 12.4. The molecular weight excluding hydrogens is 495 g/mol. The number of anilines is 1. The number of nitrogens with one attached hydrogen (secondary N) is 2. The average Bonchev–Trinajstić information content (AvgIpc) is 3.29. The summed E-state index contributed by atoms with van der Waals surface area (Å²) in [6.45, 7) is 2.42. The number of unbranched alkanes of at least 4 members (excludes halogenated alkanes) is 1. The van der Waals surface area contributed by atoms with Gasteiger partial charge >= 0.3 is 5.97 Å². The molecule has 0 saturated carbocycles. The fourth-order valence-electron chi connectivity index (χ4n) is 2.84. The molecule has 0 spiro atoms. The van der Waals surface area contributed by atoms with Gasteiger partial charge in [0.05, 0.1) is 22.2 Å².